The molecular formula is C42H59N5O7. The molecule has 6 N–H and O–H groups in total. The van der Waals surface area contributed by atoms with Crippen LogP contribution in [0.25, 0.3) is 10.8 Å². The first-order valence-electron chi connectivity index (χ1n) is 19.5. The summed E-state index contributed by atoms with van der Waals surface area (Å²) >= 11 is 0. The first kappa shape index (κ1) is 42.2. The van der Waals surface area contributed by atoms with Crippen molar-refractivity contribution in [3.05, 3.63) is 72.6 Å². The van der Waals surface area contributed by atoms with Gasteiger partial charge in [-0.2, -0.15) is 0 Å². The van der Waals surface area contributed by atoms with Crippen molar-refractivity contribution in [1.29, 1.82) is 0 Å². The minimum Gasteiger partial charge on any atom is -0.483 e. The number of carbonyl (C=O) groups excluding carboxylic acids is 4. The number of nitrogens with zero attached hydrogens (tertiary/aromatic N) is 1. The molecule has 2 aromatic carbocycles. The van der Waals surface area contributed by atoms with Gasteiger partial charge in [0.2, 0.25) is 17.7 Å². The molecule has 0 unspecified atom stereocenters. The van der Waals surface area contributed by atoms with Crippen LogP contribution in [0.15, 0.2) is 66.9 Å². The van der Waals surface area contributed by atoms with Crippen LogP contribution in [-0.2, 0) is 25.7 Å². The highest BCUT2D eigenvalue weighted by Crippen LogP contribution is 2.30. The van der Waals surface area contributed by atoms with E-state index in [1.54, 1.807) is 18.3 Å². The highest BCUT2D eigenvalue weighted by molar-refractivity contribution is 5.91. The van der Waals surface area contributed by atoms with E-state index in [0.29, 0.717) is 24.3 Å². The maximum absolute atomic E-state index is 13.9. The first-order valence-corrected chi connectivity index (χ1v) is 19.5. The summed E-state index contributed by atoms with van der Waals surface area (Å²) in [5.41, 5.74) is 0.701. The number of ether oxygens (including phenoxy) is 1. The average Bonchev–Trinajstić information content (AvgIpc) is 3.19. The lowest BCUT2D eigenvalue weighted by Crippen LogP contribution is -2.56. The molecule has 12 heteroatoms. The third-order valence-corrected chi connectivity index (χ3v) is 10.6. The van der Waals surface area contributed by atoms with Crippen LogP contribution in [-0.4, -0.2) is 76.3 Å². The number of rotatable bonds is 20. The van der Waals surface area contributed by atoms with Crippen molar-refractivity contribution in [1.82, 2.24) is 26.3 Å². The average molecular weight is 746 g/mol. The lowest BCUT2D eigenvalue weighted by Gasteiger charge is -2.34. The van der Waals surface area contributed by atoms with Crippen LogP contribution < -0.4 is 26.0 Å². The molecule has 0 radical (unpaired) electrons. The van der Waals surface area contributed by atoms with E-state index >= 15 is 0 Å². The number of benzene rings is 2. The topological polar surface area (TPSA) is 179 Å². The van der Waals surface area contributed by atoms with E-state index < -0.39 is 48.6 Å². The Bertz CT molecular complexity index is 1640. The van der Waals surface area contributed by atoms with Crippen LogP contribution in [0, 0.1) is 23.7 Å². The summed E-state index contributed by atoms with van der Waals surface area (Å²) in [6, 6.07) is 15.8. The Morgan fingerprint density at radius 1 is 0.870 bits per heavy atom. The van der Waals surface area contributed by atoms with Crippen molar-refractivity contribution in [3.8, 4) is 5.75 Å². The van der Waals surface area contributed by atoms with Crippen molar-refractivity contribution in [3.63, 3.8) is 0 Å². The SMILES string of the molecule is CC[C@H](C)[C@H](NC(=O)[C@@H](C[C@H](O)[C@H](CC1CCCCC1)NC(=O)[C@H](CO)NC(=O)COc1cccc2ccccc12)C(C)C)C(=O)NCc1ccccn1. The molecule has 1 fully saturated rings. The third-order valence-electron chi connectivity index (χ3n) is 10.6. The monoisotopic (exact) mass is 745 g/mol. The number of carbonyl (C=O) groups is 4. The normalized spacial score (nSPS) is 16.7. The number of pyridine rings is 1. The predicted molar refractivity (Wildman–Crippen MR) is 208 cm³/mol. The lowest BCUT2D eigenvalue weighted by atomic mass is 9.81. The van der Waals surface area contributed by atoms with Crippen LogP contribution in [0.1, 0.15) is 84.8 Å². The number of aliphatic hydroxyl groups is 2. The van der Waals surface area contributed by atoms with Crippen molar-refractivity contribution in [2.45, 2.75) is 110 Å². The standard InChI is InChI=1S/C42H59N5O7/c1-5-28(4)39(42(53)44-24-31-18-11-12-21-43-31)47-40(51)33(27(2)3)23-36(49)34(22-29-14-7-6-8-15-29)46-41(52)35(25-48)45-38(50)26-54-37-20-13-17-30-16-9-10-19-32(30)37/h9-13,16-21,27-29,33-36,39,48-49H,5-8,14-15,22-26H2,1-4H3,(H,44,53)(H,45,50)(H,46,52)(H,47,51)/t28-,33-,34-,35-,36-,39-/m0/s1. The molecule has 3 aromatic rings. The van der Waals surface area contributed by atoms with Gasteiger partial charge in [-0.25, -0.2) is 0 Å². The second-order valence-corrected chi connectivity index (χ2v) is 15.0. The van der Waals surface area contributed by atoms with E-state index in [1.807, 2.05) is 76.2 Å². The van der Waals surface area contributed by atoms with E-state index in [-0.39, 0.29) is 49.1 Å². The largest absolute Gasteiger partial charge is 0.483 e. The molecule has 4 rings (SSSR count). The summed E-state index contributed by atoms with van der Waals surface area (Å²) in [5, 5.41) is 35.1. The molecule has 1 aromatic heterocycles. The highest BCUT2D eigenvalue weighted by atomic mass is 16.5. The Kier molecular flexibility index (Phi) is 16.7. The number of aromatic nitrogens is 1. The van der Waals surface area contributed by atoms with Crippen LogP contribution in [0.5, 0.6) is 5.75 Å². The molecule has 12 nitrogen and oxygen atoms in total. The second kappa shape index (κ2) is 21.4. The highest BCUT2D eigenvalue weighted by Gasteiger charge is 2.35. The maximum Gasteiger partial charge on any atom is 0.258 e. The van der Waals surface area contributed by atoms with E-state index in [9.17, 15) is 29.4 Å². The quantitative estimate of drug-likeness (QED) is 0.0985. The molecule has 1 aliphatic carbocycles. The Morgan fingerprint density at radius 3 is 2.28 bits per heavy atom. The summed E-state index contributed by atoms with van der Waals surface area (Å²) in [6.07, 6.45) is 6.91. The summed E-state index contributed by atoms with van der Waals surface area (Å²) in [5.74, 6) is -2.11. The van der Waals surface area contributed by atoms with Crippen LogP contribution in [0.2, 0.25) is 0 Å². The molecule has 54 heavy (non-hydrogen) atoms. The van der Waals surface area contributed by atoms with Gasteiger partial charge in [0.25, 0.3) is 5.91 Å². The van der Waals surface area contributed by atoms with E-state index in [2.05, 4.69) is 26.3 Å². The Balaban J connectivity index is 1.41. The fourth-order valence-electron chi connectivity index (χ4n) is 7.13. The first-order chi connectivity index (χ1) is 26.0. The number of fused-ring (bicyclic) bond motifs is 1. The van der Waals surface area contributed by atoms with Gasteiger partial charge in [0.05, 0.1) is 31.0 Å². The molecular weight excluding hydrogens is 686 g/mol. The fraction of sp³-hybridized carbons (Fsp3) is 0.548. The number of amides is 4. The Labute approximate surface area is 319 Å². The zero-order valence-corrected chi connectivity index (χ0v) is 32.1. The van der Waals surface area contributed by atoms with Gasteiger partial charge in [0, 0.05) is 17.5 Å². The molecule has 1 heterocycles. The van der Waals surface area contributed by atoms with Crippen molar-refractivity contribution >= 4 is 34.4 Å². The van der Waals surface area contributed by atoms with Gasteiger partial charge in [-0.05, 0) is 54.2 Å². The van der Waals surface area contributed by atoms with E-state index in [0.717, 1.165) is 42.9 Å². The molecule has 0 bridgehead atoms. The molecule has 0 aliphatic heterocycles. The smallest absolute Gasteiger partial charge is 0.258 e. The molecule has 0 saturated heterocycles. The van der Waals surface area contributed by atoms with Gasteiger partial charge in [0.15, 0.2) is 6.61 Å². The number of hydrogen-bond acceptors (Lipinski definition) is 8. The zero-order chi connectivity index (χ0) is 39.0. The van der Waals surface area contributed by atoms with Crippen molar-refractivity contribution in [2.24, 2.45) is 23.7 Å². The van der Waals surface area contributed by atoms with Gasteiger partial charge < -0.3 is 36.2 Å². The van der Waals surface area contributed by atoms with Gasteiger partial charge in [0.1, 0.15) is 17.8 Å². The van der Waals surface area contributed by atoms with Crippen LogP contribution in [0.3, 0.4) is 0 Å². The Morgan fingerprint density at radius 2 is 1.59 bits per heavy atom. The minimum absolute atomic E-state index is 0.0406. The summed E-state index contributed by atoms with van der Waals surface area (Å²) in [7, 11) is 0. The number of aliphatic hydroxyl groups excluding tert-OH is 2. The second-order valence-electron chi connectivity index (χ2n) is 15.0. The van der Waals surface area contributed by atoms with Gasteiger partial charge >= 0.3 is 0 Å². The predicted octanol–water partition coefficient (Wildman–Crippen LogP) is 4.42. The number of hydrogen-bond donors (Lipinski definition) is 6. The molecule has 294 valence electrons. The van der Waals surface area contributed by atoms with Crippen LogP contribution >= 0.6 is 0 Å². The van der Waals surface area contributed by atoms with Gasteiger partial charge in [-0.3, -0.25) is 24.2 Å². The van der Waals surface area contributed by atoms with Crippen molar-refractivity contribution < 1.29 is 34.1 Å². The summed E-state index contributed by atoms with van der Waals surface area (Å²) in [4.78, 5) is 58.0. The molecule has 1 aliphatic rings. The number of nitrogens with one attached hydrogen (secondary N) is 4. The fourth-order valence-corrected chi connectivity index (χ4v) is 7.13. The molecule has 0 spiro atoms. The third kappa shape index (κ3) is 12.5. The van der Waals surface area contributed by atoms with Gasteiger partial charge in [-0.15, -0.1) is 0 Å². The minimum atomic E-state index is -1.28. The Hall–Kier alpha value is -4.55. The lowest BCUT2D eigenvalue weighted by molar-refractivity contribution is -0.134. The summed E-state index contributed by atoms with van der Waals surface area (Å²) in [6.45, 7) is 6.85. The molecule has 1 saturated carbocycles. The van der Waals surface area contributed by atoms with Crippen molar-refractivity contribution in [2.75, 3.05) is 13.2 Å². The van der Waals surface area contributed by atoms with Gasteiger partial charge in [-0.1, -0.05) is 109 Å². The summed E-state index contributed by atoms with van der Waals surface area (Å²) < 4.78 is 5.78. The van der Waals surface area contributed by atoms with E-state index in [4.69, 9.17) is 4.74 Å². The molecule has 6 atom stereocenters. The van der Waals surface area contributed by atoms with E-state index in [1.165, 1.54) is 0 Å². The van der Waals surface area contributed by atoms with Crippen LogP contribution in [0.4, 0.5) is 0 Å². The zero-order valence-electron chi connectivity index (χ0n) is 32.1. The maximum atomic E-state index is 13.9. The molecule has 4 amide bonds.